The zero-order valence-corrected chi connectivity index (χ0v) is 16.0. The molecule has 0 atom stereocenters. The molecule has 0 spiro atoms. The molecule has 1 aliphatic heterocycles. The monoisotopic (exact) mass is 417 g/mol. The topological polar surface area (TPSA) is 52.6 Å². The van der Waals surface area contributed by atoms with Crippen LogP contribution in [0.25, 0.3) is 0 Å². The van der Waals surface area contributed by atoms with E-state index in [-0.39, 0.29) is 24.0 Å². The average Bonchev–Trinajstić information content (AvgIpc) is 3.05. The van der Waals surface area contributed by atoms with Crippen LogP contribution < -0.4 is 15.5 Å². The van der Waals surface area contributed by atoms with E-state index in [1.54, 1.807) is 0 Å². The van der Waals surface area contributed by atoms with Gasteiger partial charge >= 0.3 is 0 Å². The molecule has 0 aliphatic carbocycles. The lowest BCUT2D eigenvalue weighted by Gasteiger charge is -2.16. The lowest BCUT2D eigenvalue weighted by molar-refractivity contribution is 0.785. The Balaban J connectivity index is 0.00000242. The summed E-state index contributed by atoms with van der Waals surface area (Å²) in [5, 5.41) is 6.59. The Morgan fingerprint density at radius 1 is 1.27 bits per heavy atom. The van der Waals surface area contributed by atoms with E-state index < -0.39 is 0 Å². The van der Waals surface area contributed by atoms with Gasteiger partial charge < -0.3 is 15.5 Å². The Morgan fingerprint density at radius 2 is 2.05 bits per heavy atom. The van der Waals surface area contributed by atoms with Crippen LogP contribution in [-0.2, 0) is 6.54 Å². The number of nitrogens with zero attached hydrogens (tertiary/aromatic N) is 3. The summed E-state index contributed by atoms with van der Waals surface area (Å²) in [6.45, 7) is 9.00. The van der Waals surface area contributed by atoms with Gasteiger partial charge in [0.15, 0.2) is 5.96 Å². The largest absolute Gasteiger partial charge is 0.357 e. The molecule has 2 heterocycles. The van der Waals surface area contributed by atoms with E-state index in [9.17, 15) is 0 Å². The number of guanidine groups is 1. The first-order chi connectivity index (χ1) is 10.3. The van der Waals surface area contributed by atoms with Crippen LogP contribution in [-0.4, -0.2) is 37.1 Å². The molecule has 2 N–H and O–H groups in total. The van der Waals surface area contributed by atoms with Crippen molar-refractivity contribution in [1.82, 2.24) is 15.6 Å². The number of nitrogens with one attached hydrogen (secondary N) is 2. The van der Waals surface area contributed by atoms with Crippen LogP contribution in [0.15, 0.2) is 23.3 Å². The Kier molecular flexibility index (Phi) is 9.19. The molecule has 124 valence electrons. The zero-order chi connectivity index (χ0) is 14.9. The van der Waals surface area contributed by atoms with Crippen LogP contribution >= 0.6 is 24.0 Å². The number of hydrogen-bond acceptors (Lipinski definition) is 3. The van der Waals surface area contributed by atoms with Crippen molar-refractivity contribution >= 4 is 35.8 Å². The maximum absolute atomic E-state index is 4.64. The molecule has 1 aromatic rings. The minimum atomic E-state index is 0. The molecule has 0 radical (unpaired) electrons. The van der Waals surface area contributed by atoms with Gasteiger partial charge in [0.2, 0.25) is 0 Å². The van der Waals surface area contributed by atoms with E-state index in [0.717, 1.165) is 44.4 Å². The number of pyridine rings is 1. The average molecular weight is 417 g/mol. The lowest BCUT2D eigenvalue weighted by atomic mass is 10.2. The normalized spacial score (nSPS) is 14.6. The van der Waals surface area contributed by atoms with Crippen molar-refractivity contribution in [2.75, 3.05) is 31.1 Å². The van der Waals surface area contributed by atoms with Gasteiger partial charge in [-0.25, -0.2) is 9.98 Å². The summed E-state index contributed by atoms with van der Waals surface area (Å²) in [5.41, 5.74) is 1.21. The summed E-state index contributed by atoms with van der Waals surface area (Å²) in [6.07, 6.45) is 5.54. The number of aromatic nitrogens is 1. The first-order valence-electron chi connectivity index (χ1n) is 8.05. The van der Waals surface area contributed by atoms with Gasteiger partial charge in [0.25, 0.3) is 0 Å². The Hall–Kier alpha value is -1.05. The molecule has 0 saturated carbocycles. The van der Waals surface area contributed by atoms with Crippen LogP contribution in [0.2, 0.25) is 0 Å². The first kappa shape index (κ1) is 19.0. The highest BCUT2D eigenvalue weighted by atomic mass is 127. The maximum atomic E-state index is 4.64. The van der Waals surface area contributed by atoms with Crippen LogP contribution in [0.4, 0.5) is 5.82 Å². The van der Waals surface area contributed by atoms with E-state index >= 15 is 0 Å². The van der Waals surface area contributed by atoms with Crippen LogP contribution in [0.3, 0.4) is 0 Å². The van der Waals surface area contributed by atoms with Crippen molar-refractivity contribution in [3.8, 4) is 0 Å². The number of hydrogen-bond donors (Lipinski definition) is 2. The van der Waals surface area contributed by atoms with Gasteiger partial charge in [-0.15, -0.1) is 24.0 Å². The molecular formula is C16H28IN5. The van der Waals surface area contributed by atoms with Crippen LogP contribution in [0.5, 0.6) is 0 Å². The highest BCUT2D eigenvalue weighted by molar-refractivity contribution is 14.0. The SMILES string of the molecule is CCCNC(=NCc1ccnc(N2CCCC2)c1)NCC.I. The Morgan fingerprint density at radius 3 is 2.73 bits per heavy atom. The molecule has 1 saturated heterocycles. The second-order valence-corrected chi connectivity index (χ2v) is 5.34. The van der Waals surface area contributed by atoms with E-state index in [1.807, 2.05) is 12.3 Å². The van der Waals surface area contributed by atoms with Crippen molar-refractivity contribution in [2.24, 2.45) is 4.99 Å². The highest BCUT2D eigenvalue weighted by Crippen LogP contribution is 2.18. The quantitative estimate of drug-likeness (QED) is 0.425. The number of halogens is 1. The summed E-state index contributed by atoms with van der Waals surface area (Å²) in [5.74, 6) is 1.98. The third kappa shape index (κ3) is 5.98. The first-order valence-corrected chi connectivity index (χ1v) is 8.05. The van der Waals surface area contributed by atoms with Crippen molar-refractivity contribution in [3.63, 3.8) is 0 Å². The molecular weight excluding hydrogens is 389 g/mol. The molecule has 1 aliphatic rings. The minimum Gasteiger partial charge on any atom is -0.357 e. The zero-order valence-electron chi connectivity index (χ0n) is 13.6. The second kappa shape index (κ2) is 10.6. The fourth-order valence-electron chi connectivity index (χ4n) is 2.43. The molecule has 1 fully saturated rings. The predicted molar refractivity (Wildman–Crippen MR) is 104 cm³/mol. The summed E-state index contributed by atoms with van der Waals surface area (Å²) in [6, 6.07) is 4.21. The lowest BCUT2D eigenvalue weighted by Crippen LogP contribution is -2.37. The van der Waals surface area contributed by atoms with Gasteiger partial charge in [0.05, 0.1) is 6.54 Å². The molecule has 0 unspecified atom stereocenters. The van der Waals surface area contributed by atoms with E-state index in [2.05, 4.69) is 45.4 Å². The second-order valence-electron chi connectivity index (χ2n) is 5.34. The smallest absolute Gasteiger partial charge is 0.191 e. The Bertz CT molecular complexity index is 458. The number of aliphatic imine (C=N–C) groups is 1. The van der Waals surface area contributed by atoms with Gasteiger partial charge in [-0.05, 0) is 43.9 Å². The van der Waals surface area contributed by atoms with Gasteiger partial charge in [-0.3, -0.25) is 0 Å². The van der Waals surface area contributed by atoms with E-state index in [4.69, 9.17) is 0 Å². The summed E-state index contributed by atoms with van der Waals surface area (Å²) < 4.78 is 0. The molecule has 0 bridgehead atoms. The van der Waals surface area contributed by atoms with Gasteiger partial charge in [-0.2, -0.15) is 0 Å². The molecule has 2 rings (SSSR count). The van der Waals surface area contributed by atoms with Crippen molar-refractivity contribution in [1.29, 1.82) is 0 Å². The maximum Gasteiger partial charge on any atom is 0.191 e. The van der Waals surface area contributed by atoms with Gasteiger partial charge in [-0.1, -0.05) is 6.92 Å². The van der Waals surface area contributed by atoms with Crippen LogP contribution in [0.1, 0.15) is 38.7 Å². The summed E-state index contributed by atoms with van der Waals surface area (Å²) >= 11 is 0. The molecule has 22 heavy (non-hydrogen) atoms. The predicted octanol–water partition coefficient (Wildman–Crippen LogP) is 2.76. The third-order valence-corrected chi connectivity index (χ3v) is 3.55. The molecule has 0 aromatic carbocycles. The fraction of sp³-hybridized carbons (Fsp3) is 0.625. The van der Waals surface area contributed by atoms with E-state index in [1.165, 1.54) is 18.4 Å². The van der Waals surface area contributed by atoms with Crippen LogP contribution in [0, 0.1) is 0 Å². The Labute approximate surface area is 151 Å². The van der Waals surface area contributed by atoms with E-state index in [0.29, 0.717) is 6.54 Å². The summed E-state index contributed by atoms with van der Waals surface area (Å²) in [4.78, 5) is 11.5. The van der Waals surface area contributed by atoms with Crippen molar-refractivity contribution in [2.45, 2.75) is 39.7 Å². The summed E-state index contributed by atoms with van der Waals surface area (Å²) in [7, 11) is 0. The number of rotatable bonds is 6. The standard InChI is InChI=1S/C16H27N5.HI/c1-3-8-19-16(17-4-2)20-13-14-7-9-18-15(12-14)21-10-5-6-11-21;/h7,9,12H,3-6,8,10-11,13H2,1-2H3,(H2,17,19,20);1H. The van der Waals surface area contributed by atoms with Gasteiger partial charge in [0.1, 0.15) is 5.82 Å². The van der Waals surface area contributed by atoms with Crippen molar-refractivity contribution < 1.29 is 0 Å². The molecule has 5 nitrogen and oxygen atoms in total. The molecule has 6 heteroatoms. The fourth-order valence-corrected chi connectivity index (χ4v) is 2.43. The minimum absolute atomic E-state index is 0. The van der Waals surface area contributed by atoms with Gasteiger partial charge in [0, 0.05) is 32.4 Å². The number of anilines is 1. The molecule has 0 amide bonds. The third-order valence-electron chi connectivity index (χ3n) is 3.55. The highest BCUT2D eigenvalue weighted by Gasteiger charge is 2.13. The molecule has 1 aromatic heterocycles. The van der Waals surface area contributed by atoms with Crippen molar-refractivity contribution in [3.05, 3.63) is 23.9 Å².